The van der Waals surface area contributed by atoms with E-state index >= 15 is 0 Å². The molecule has 0 radical (unpaired) electrons. The number of aromatic nitrogens is 1. The summed E-state index contributed by atoms with van der Waals surface area (Å²) in [5.41, 5.74) is 6.90. The first-order valence-corrected chi connectivity index (χ1v) is 13.9. The standard InChI is InChI=1S/C33H26N4O3S/c34-20-24-5-4-8-28(19-24)30-22-41-33(36-30)37(29-15-13-26(14-16-29)25-6-2-1-3-7-25)21-23-9-11-27(12-10-23)32(40)35-18-17-31(38)39/h1-16,19,22H,17-18,21H2,(H,35,40)(H,38,39). The summed E-state index contributed by atoms with van der Waals surface area (Å²) in [6.45, 7) is 0.586. The fraction of sp³-hybridized carbons (Fsp3) is 0.0909. The average Bonchev–Trinajstić information content (AvgIpc) is 3.51. The van der Waals surface area contributed by atoms with E-state index in [1.54, 1.807) is 18.2 Å². The van der Waals surface area contributed by atoms with Crippen LogP contribution in [0.4, 0.5) is 10.8 Å². The first kappa shape index (κ1) is 27.3. The Morgan fingerprint density at radius 2 is 1.59 bits per heavy atom. The molecule has 0 fully saturated rings. The summed E-state index contributed by atoms with van der Waals surface area (Å²) in [5, 5.41) is 23.5. The van der Waals surface area contributed by atoms with Crippen LogP contribution in [-0.4, -0.2) is 28.5 Å². The van der Waals surface area contributed by atoms with E-state index in [2.05, 4.69) is 52.7 Å². The first-order valence-electron chi connectivity index (χ1n) is 13.0. The van der Waals surface area contributed by atoms with Crippen LogP contribution in [0.2, 0.25) is 0 Å². The van der Waals surface area contributed by atoms with E-state index in [-0.39, 0.29) is 18.9 Å². The average molecular weight is 559 g/mol. The molecule has 41 heavy (non-hydrogen) atoms. The van der Waals surface area contributed by atoms with Crippen LogP contribution in [0.5, 0.6) is 0 Å². The van der Waals surface area contributed by atoms with Gasteiger partial charge in [0.25, 0.3) is 5.91 Å². The number of nitrogens with zero attached hydrogens (tertiary/aromatic N) is 3. The molecule has 0 unspecified atom stereocenters. The molecule has 0 saturated carbocycles. The summed E-state index contributed by atoms with van der Waals surface area (Å²) in [4.78, 5) is 30.2. The number of rotatable bonds is 10. The Kier molecular flexibility index (Phi) is 8.48. The third-order valence-corrected chi connectivity index (χ3v) is 7.34. The first-order chi connectivity index (χ1) is 20.0. The highest BCUT2D eigenvalue weighted by atomic mass is 32.1. The number of carbonyl (C=O) groups excluding carboxylic acids is 1. The van der Waals surface area contributed by atoms with Crippen LogP contribution >= 0.6 is 11.3 Å². The SMILES string of the molecule is N#Cc1cccc(-c2csc(N(Cc3ccc(C(=O)NCCC(=O)O)cc3)c3ccc(-c4ccccc4)cc3)n2)c1. The van der Waals surface area contributed by atoms with E-state index in [4.69, 9.17) is 10.1 Å². The van der Waals surface area contributed by atoms with Crippen LogP contribution in [0.3, 0.4) is 0 Å². The number of aliphatic carboxylic acids is 1. The fourth-order valence-electron chi connectivity index (χ4n) is 4.33. The number of hydrogen-bond acceptors (Lipinski definition) is 6. The molecule has 0 saturated heterocycles. The Morgan fingerprint density at radius 1 is 0.878 bits per heavy atom. The topological polar surface area (TPSA) is 106 Å². The van der Waals surface area contributed by atoms with Gasteiger partial charge in [-0.25, -0.2) is 4.98 Å². The number of carboxylic acids is 1. The minimum atomic E-state index is -0.958. The van der Waals surface area contributed by atoms with E-state index in [1.807, 2.05) is 53.9 Å². The van der Waals surface area contributed by atoms with Crippen molar-refractivity contribution in [1.82, 2.24) is 10.3 Å². The van der Waals surface area contributed by atoms with Crippen molar-refractivity contribution in [3.8, 4) is 28.5 Å². The van der Waals surface area contributed by atoms with Crippen molar-refractivity contribution in [3.63, 3.8) is 0 Å². The molecule has 0 spiro atoms. The number of carbonyl (C=O) groups is 2. The fourth-order valence-corrected chi connectivity index (χ4v) is 5.19. The van der Waals surface area contributed by atoms with Gasteiger partial charge < -0.3 is 15.3 Å². The molecule has 5 rings (SSSR count). The highest BCUT2D eigenvalue weighted by Crippen LogP contribution is 2.35. The van der Waals surface area contributed by atoms with Gasteiger partial charge in [0.15, 0.2) is 5.13 Å². The van der Waals surface area contributed by atoms with Gasteiger partial charge in [-0.1, -0.05) is 66.7 Å². The summed E-state index contributed by atoms with van der Waals surface area (Å²) in [7, 11) is 0. The Labute approximate surface area is 242 Å². The number of amides is 1. The zero-order valence-corrected chi connectivity index (χ0v) is 22.8. The molecule has 7 nitrogen and oxygen atoms in total. The number of nitriles is 1. The lowest BCUT2D eigenvalue weighted by molar-refractivity contribution is -0.136. The Morgan fingerprint density at radius 3 is 2.29 bits per heavy atom. The number of carboxylic acid groups (broad SMARTS) is 1. The molecule has 2 N–H and O–H groups in total. The molecule has 202 valence electrons. The molecule has 0 atom stereocenters. The number of hydrogen-bond donors (Lipinski definition) is 2. The van der Waals surface area contributed by atoms with E-state index in [0.717, 1.165) is 38.8 Å². The molecular weight excluding hydrogens is 532 g/mol. The van der Waals surface area contributed by atoms with Gasteiger partial charge in [0.1, 0.15) is 0 Å². The van der Waals surface area contributed by atoms with E-state index in [0.29, 0.717) is 17.7 Å². The predicted molar refractivity (Wildman–Crippen MR) is 161 cm³/mol. The summed E-state index contributed by atoms with van der Waals surface area (Å²) in [6, 6.07) is 35.4. The van der Waals surface area contributed by atoms with Gasteiger partial charge in [0, 0.05) is 28.7 Å². The molecule has 0 aliphatic carbocycles. The van der Waals surface area contributed by atoms with Gasteiger partial charge in [0.2, 0.25) is 0 Å². The summed E-state index contributed by atoms with van der Waals surface area (Å²) in [6.07, 6.45) is -0.127. The van der Waals surface area contributed by atoms with Crippen LogP contribution in [0.25, 0.3) is 22.4 Å². The van der Waals surface area contributed by atoms with E-state index < -0.39 is 5.97 Å². The lowest BCUT2D eigenvalue weighted by Gasteiger charge is -2.23. The second kappa shape index (κ2) is 12.7. The van der Waals surface area contributed by atoms with Crippen molar-refractivity contribution in [2.24, 2.45) is 0 Å². The van der Waals surface area contributed by atoms with Crippen molar-refractivity contribution >= 4 is 34.0 Å². The molecule has 0 aliphatic rings. The predicted octanol–water partition coefficient (Wildman–Crippen LogP) is 6.89. The smallest absolute Gasteiger partial charge is 0.305 e. The number of anilines is 2. The third-order valence-electron chi connectivity index (χ3n) is 6.48. The lowest BCUT2D eigenvalue weighted by atomic mass is 10.1. The van der Waals surface area contributed by atoms with Crippen LogP contribution in [-0.2, 0) is 11.3 Å². The largest absolute Gasteiger partial charge is 0.481 e. The Hall–Kier alpha value is -5.26. The maximum absolute atomic E-state index is 12.4. The molecule has 1 amide bonds. The summed E-state index contributed by atoms with van der Waals surface area (Å²) >= 11 is 1.52. The van der Waals surface area contributed by atoms with Crippen molar-refractivity contribution in [2.45, 2.75) is 13.0 Å². The van der Waals surface area contributed by atoms with Crippen LogP contribution in [0.15, 0.2) is 109 Å². The van der Waals surface area contributed by atoms with Gasteiger partial charge in [-0.15, -0.1) is 11.3 Å². The van der Waals surface area contributed by atoms with Gasteiger partial charge >= 0.3 is 5.97 Å². The molecule has 0 bridgehead atoms. The quantitative estimate of drug-likeness (QED) is 0.193. The normalized spacial score (nSPS) is 10.5. The monoisotopic (exact) mass is 558 g/mol. The molecule has 4 aromatic carbocycles. The number of nitrogens with one attached hydrogen (secondary N) is 1. The second-order valence-electron chi connectivity index (χ2n) is 9.30. The van der Waals surface area contributed by atoms with Crippen LogP contribution in [0.1, 0.15) is 27.9 Å². The van der Waals surface area contributed by atoms with Crippen LogP contribution in [0, 0.1) is 11.3 Å². The van der Waals surface area contributed by atoms with Crippen molar-refractivity contribution in [1.29, 1.82) is 5.26 Å². The van der Waals surface area contributed by atoms with E-state index in [1.165, 1.54) is 11.3 Å². The van der Waals surface area contributed by atoms with Crippen molar-refractivity contribution < 1.29 is 14.7 Å². The molecular formula is C33H26N4O3S. The number of thiazole rings is 1. The second-order valence-corrected chi connectivity index (χ2v) is 10.1. The number of benzene rings is 4. The van der Waals surface area contributed by atoms with Gasteiger partial charge in [0.05, 0.1) is 30.3 Å². The minimum absolute atomic E-state index is 0.0757. The molecule has 1 aromatic heterocycles. The van der Waals surface area contributed by atoms with Gasteiger partial charge in [-0.05, 0) is 53.1 Å². The highest BCUT2D eigenvalue weighted by molar-refractivity contribution is 7.14. The van der Waals surface area contributed by atoms with Gasteiger partial charge in [-0.2, -0.15) is 5.26 Å². The molecule has 8 heteroatoms. The zero-order valence-electron chi connectivity index (χ0n) is 22.0. The minimum Gasteiger partial charge on any atom is -0.481 e. The molecule has 5 aromatic rings. The highest BCUT2D eigenvalue weighted by Gasteiger charge is 2.16. The van der Waals surface area contributed by atoms with E-state index in [9.17, 15) is 14.9 Å². The summed E-state index contributed by atoms with van der Waals surface area (Å²) < 4.78 is 0. The van der Waals surface area contributed by atoms with Crippen molar-refractivity contribution in [2.75, 3.05) is 11.4 Å². The van der Waals surface area contributed by atoms with Crippen LogP contribution < -0.4 is 10.2 Å². The van der Waals surface area contributed by atoms with Crippen molar-refractivity contribution in [3.05, 3.63) is 125 Å². The Bertz CT molecular complexity index is 1690. The lowest BCUT2D eigenvalue weighted by Crippen LogP contribution is -2.26. The maximum atomic E-state index is 12.4. The van der Waals surface area contributed by atoms with Gasteiger partial charge in [-0.3, -0.25) is 9.59 Å². The Balaban J connectivity index is 1.42. The maximum Gasteiger partial charge on any atom is 0.305 e. The molecule has 1 heterocycles. The zero-order chi connectivity index (χ0) is 28.6. The molecule has 0 aliphatic heterocycles. The summed E-state index contributed by atoms with van der Waals surface area (Å²) in [5.74, 6) is -1.27. The third kappa shape index (κ3) is 6.85.